The van der Waals surface area contributed by atoms with Crippen molar-refractivity contribution in [3.8, 4) is 5.75 Å². The molecule has 0 saturated heterocycles. The van der Waals surface area contributed by atoms with Crippen LogP contribution in [0, 0.1) is 0 Å². The summed E-state index contributed by atoms with van der Waals surface area (Å²) in [6.07, 6.45) is 0. The van der Waals surface area contributed by atoms with Gasteiger partial charge in [-0.3, -0.25) is 4.99 Å². The number of hydrogen-bond donors (Lipinski definition) is 1. The van der Waals surface area contributed by atoms with Gasteiger partial charge in [-0.1, -0.05) is 23.2 Å². The van der Waals surface area contributed by atoms with Crippen LogP contribution in [0.25, 0.3) is 0 Å². The zero-order valence-electron chi connectivity index (χ0n) is 13.7. The second kappa shape index (κ2) is 6.94. The molecule has 5 nitrogen and oxygen atoms in total. The number of carbonyl (C=O) groups is 1. The number of rotatable bonds is 3. The van der Waals surface area contributed by atoms with Crippen molar-refractivity contribution < 1.29 is 14.6 Å². The molecule has 1 heterocycles. The van der Waals surface area contributed by atoms with Crippen molar-refractivity contribution in [3.05, 3.63) is 57.6 Å². The van der Waals surface area contributed by atoms with E-state index in [9.17, 15) is 9.90 Å². The van der Waals surface area contributed by atoms with E-state index < -0.39 is 12.0 Å². The summed E-state index contributed by atoms with van der Waals surface area (Å²) in [4.78, 5) is 17.9. The number of likely N-dealkylation sites (N-methyl/N-ethyl adjacent to an activating group) is 1. The van der Waals surface area contributed by atoms with Gasteiger partial charge in [-0.25, -0.2) is 4.79 Å². The van der Waals surface area contributed by atoms with E-state index in [1.165, 1.54) is 0 Å². The third kappa shape index (κ3) is 3.30. The minimum absolute atomic E-state index is 0.0982. The molecule has 7 heteroatoms. The number of aliphatic imine (C=N–C) groups is 1. The molecule has 1 unspecified atom stereocenters. The van der Waals surface area contributed by atoms with Gasteiger partial charge in [0.05, 0.1) is 24.4 Å². The zero-order chi connectivity index (χ0) is 18.1. The summed E-state index contributed by atoms with van der Waals surface area (Å²) in [5.74, 6) is -0.303. The van der Waals surface area contributed by atoms with Crippen molar-refractivity contribution >= 4 is 40.6 Å². The number of nitrogens with zero attached hydrogens (tertiary/aromatic N) is 2. The van der Waals surface area contributed by atoms with Crippen LogP contribution in [0.4, 0.5) is 5.69 Å². The summed E-state index contributed by atoms with van der Waals surface area (Å²) in [6, 6.07) is 9.79. The van der Waals surface area contributed by atoms with Crippen LogP contribution in [0.2, 0.25) is 10.0 Å². The number of ether oxygens (including phenoxy) is 1. The number of carboxylic acid groups (broad SMARTS) is 1. The summed E-state index contributed by atoms with van der Waals surface area (Å²) < 4.78 is 5.28. The summed E-state index contributed by atoms with van der Waals surface area (Å²) in [7, 11) is 3.30. The lowest BCUT2D eigenvalue weighted by Gasteiger charge is -2.25. The second-order valence-corrected chi connectivity index (χ2v) is 6.51. The van der Waals surface area contributed by atoms with E-state index >= 15 is 0 Å². The Morgan fingerprint density at radius 3 is 2.68 bits per heavy atom. The quantitative estimate of drug-likeness (QED) is 0.883. The highest BCUT2D eigenvalue weighted by Gasteiger charge is 2.29. The first kappa shape index (κ1) is 17.6. The summed E-state index contributed by atoms with van der Waals surface area (Å²) in [6.45, 7) is 0.0982. The predicted octanol–water partition coefficient (Wildman–Crippen LogP) is 3.74. The third-order valence-corrected chi connectivity index (χ3v) is 4.76. The van der Waals surface area contributed by atoms with Crippen molar-refractivity contribution in [2.24, 2.45) is 4.99 Å². The van der Waals surface area contributed by atoms with Gasteiger partial charge in [0, 0.05) is 28.9 Å². The molecule has 0 aromatic heterocycles. The first-order valence-electron chi connectivity index (χ1n) is 7.56. The Labute approximate surface area is 155 Å². The summed E-state index contributed by atoms with van der Waals surface area (Å²) in [5, 5.41) is 10.6. The fraction of sp³-hybridized carbons (Fsp3) is 0.222. The van der Waals surface area contributed by atoms with E-state index in [4.69, 9.17) is 27.9 Å². The number of hydrogen-bond acceptors (Lipinski definition) is 4. The van der Waals surface area contributed by atoms with Crippen molar-refractivity contribution in [2.45, 2.75) is 6.04 Å². The first-order chi connectivity index (χ1) is 11.9. The molecular formula is C18H16Cl2N2O3. The predicted molar refractivity (Wildman–Crippen MR) is 99.8 cm³/mol. The van der Waals surface area contributed by atoms with Gasteiger partial charge in [-0.05, 0) is 36.4 Å². The molecule has 1 aliphatic rings. The largest absolute Gasteiger partial charge is 0.497 e. The molecule has 1 aliphatic heterocycles. The Bertz CT molecular complexity index is 867. The normalized spacial score (nSPS) is 16.7. The Hall–Kier alpha value is -2.24. The smallest absolute Gasteiger partial charge is 0.328 e. The maximum atomic E-state index is 11.6. The van der Waals surface area contributed by atoms with Crippen LogP contribution in [-0.4, -0.2) is 43.5 Å². The van der Waals surface area contributed by atoms with Crippen LogP contribution in [0.1, 0.15) is 11.1 Å². The molecule has 0 bridgehead atoms. The number of halogens is 2. The topological polar surface area (TPSA) is 62.1 Å². The lowest BCUT2D eigenvalue weighted by Crippen LogP contribution is -2.40. The second-order valence-electron chi connectivity index (χ2n) is 5.66. The monoisotopic (exact) mass is 378 g/mol. The van der Waals surface area contributed by atoms with Crippen molar-refractivity contribution in [2.75, 3.05) is 25.6 Å². The standard InChI is InChI=1S/C18H16Cl2N2O3/c1-22-15-6-3-10(19)7-13(15)17(21-9-16(22)18(23)24)12-8-11(25-2)4-5-14(12)20/h3-8,16H,9H2,1-2H3,(H,23,24). The van der Waals surface area contributed by atoms with Crippen LogP contribution in [-0.2, 0) is 4.79 Å². The lowest BCUT2D eigenvalue weighted by atomic mass is 10.00. The molecule has 3 rings (SSSR count). The highest BCUT2D eigenvalue weighted by Crippen LogP contribution is 2.33. The van der Waals surface area contributed by atoms with Gasteiger partial charge < -0.3 is 14.7 Å². The van der Waals surface area contributed by atoms with E-state index in [0.29, 0.717) is 27.1 Å². The molecule has 2 aromatic rings. The molecule has 0 radical (unpaired) electrons. The molecule has 2 aromatic carbocycles. The highest BCUT2D eigenvalue weighted by molar-refractivity contribution is 6.36. The average Bonchev–Trinajstić information content (AvgIpc) is 2.72. The number of methoxy groups -OCH3 is 1. The lowest BCUT2D eigenvalue weighted by molar-refractivity contribution is -0.138. The van der Waals surface area contributed by atoms with Gasteiger partial charge in [0.15, 0.2) is 0 Å². The maximum absolute atomic E-state index is 11.6. The number of carboxylic acids is 1. The molecule has 0 aliphatic carbocycles. The molecule has 0 fully saturated rings. The fourth-order valence-electron chi connectivity index (χ4n) is 2.85. The number of benzodiazepines with no additional fused rings is 1. The Balaban J connectivity index is 2.24. The number of benzene rings is 2. The van der Waals surface area contributed by atoms with Crippen molar-refractivity contribution in [1.82, 2.24) is 0 Å². The molecule has 1 atom stereocenters. The Kier molecular flexibility index (Phi) is 4.88. The molecule has 1 N–H and O–H groups in total. The van der Waals surface area contributed by atoms with Gasteiger partial charge in [0.2, 0.25) is 0 Å². The minimum Gasteiger partial charge on any atom is -0.497 e. The molecular weight excluding hydrogens is 363 g/mol. The maximum Gasteiger partial charge on any atom is 0.328 e. The van der Waals surface area contributed by atoms with Crippen LogP contribution in [0.3, 0.4) is 0 Å². The minimum atomic E-state index is -0.940. The molecule has 0 spiro atoms. The van der Waals surface area contributed by atoms with Crippen LogP contribution < -0.4 is 9.64 Å². The average molecular weight is 379 g/mol. The third-order valence-electron chi connectivity index (χ3n) is 4.20. The van der Waals surface area contributed by atoms with Gasteiger partial charge in [0.1, 0.15) is 11.8 Å². The van der Waals surface area contributed by atoms with Gasteiger partial charge in [-0.15, -0.1) is 0 Å². The van der Waals surface area contributed by atoms with Gasteiger partial charge >= 0.3 is 5.97 Å². The van der Waals surface area contributed by atoms with E-state index in [-0.39, 0.29) is 6.54 Å². The Morgan fingerprint density at radius 2 is 2.00 bits per heavy atom. The van der Waals surface area contributed by atoms with Crippen LogP contribution in [0.5, 0.6) is 5.75 Å². The fourth-order valence-corrected chi connectivity index (χ4v) is 3.22. The van der Waals surface area contributed by atoms with Gasteiger partial charge in [0.25, 0.3) is 0 Å². The Morgan fingerprint density at radius 1 is 1.24 bits per heavy atom. The van der Waals surface area contributed by atoms with Gasteiger partial charge in [-0.2, -0.15) is 0 Å². The number of fused-ring (bicyclic) bond motifs is 1. The van der Waals surface area contributed by atoms with E-state index in [1.54, 1.807) is 55.5 Å². The molecule has 130 valence electrons. The summed E-state index contributed by atoms with van der Waals surface area (Å²) in [5.41, 5.74) is 2.72. The molecule has 0 amide bonds. The first-order valence-corrected chi connectivity index (χ1v) is 8.32. The molecule has 25 heavy (non-hydrogen) atoms. The van der Waals surface area contributed by atoms with Crippen LogP contribution >= 0.6 is 23.2 Å². The van der Waals surface area contributed by atoms with Crippen molar-refractivity contribution in [3.63, 3.8) is 0 Å². The number of aliphatic carboxylic acids is 1. The highest BCUT2D eigenvalue weighted by atomic mass is 35.5. The van der Waals surface area contributed by atoms with E-state index in [0.717, 1.165) is 11.3 Å². The number of anilines is 1. The van der Waals surface area contributed by atoms with E-state index in [1.807, 2.05) is 0 Å². The van der Waals surface area contributed by atoms with Crippen LogP contribution in [0.15, 0.2) is 41.4 Å². The zero-order valence-corrected chi connectivity index (χ0v) is 15.2. The summed E-state index contributed by atoms with van der Waals surface area (Å²) >= 11 is 12.6. The van der Waals surface area contributed by atoms with E-state index in [2.05, 4.69) is 4.99 Å². The SMILES string of the molecule is COc1ccc(Cl)c(C2=NCC(C(=O)O)N(C)c3ccc(Cl)cc32)c1. The van der Waals surface area contributed by atoms with Crippen molar-refractivity contribution in [1.29, 1.82) is 0 Å². The molecule has 0 saturated carbocycles.